The SMILES string of the molecule is CCCCCC(OC(C)=O)C(C)CC(=O)O. The minimum atomic E-state index is -0.847. The van der Waals surface area contributed by atoms with Gasteiger partial charge in [0.05, 0.1) is 6.42 Å². The van der Waals surface area contributed by atoms with Gasteiger partial charge in [0.25, 0.3) is 0 Å². The summed E-state index contributed by atoms with van der Waals surface area (Å²) in [5.41, 5.74) is 0. The zero-order valence-corrected chi connectivity index (χ0v) is 10.4. The van der Waals surface area contributed by atoms with Crippen molar-refractivity contribution < 1.29 is 19.4 Å². The largest absolute Gasteiger partial charge is 0.481 e. The number of unbranched alkanes of at least 4 members (excludes halogenated alkanes) is 2. The van der Waals surface area contributed by atoms with E-state index in [1.54, 1.807) is 0 Å². The molecule has 0 spiro atoms. The summed E-state index contributed by atoms with van der Waals surface area (Å²) in [6.45, 7) is 5.27. The van der Waals surface area contributed by atoms with Gasteiger partial charge in [0.2, 0.25) is 0 Å². The first kappa shape index (κ1) is 14.9. The molecule has 94 valence electrons. The molecule has 0 aromatic heterocycles. The summed E-state index contributed by atoms with van der Waals surface area (Å²) < 4.78 is 5.16. The molecule has 0 bridgehead atoms. The van der Waals surface area contributed by atoms with Gasteiger partial charge in [-0.1, -0.05) is 26.7 Å². The first-order valence-corrected chi connectivity index (χ1v) is 5.86. The molecule has 0 rings (SSSR count). The fourth-order valence-electron chi connectivity index (χ4n) is 1.68. The smallest absolute Gasteiger partial charge is 0.303 e. The number of ether oxygens (including phenoxy) is 1. The average Bonchev–Trinajstić information content (AvgIpc) is 2.14. The van der Waals surface area contributed by atoms with E-state index < -0.39 is 5.97 Å². The molecule has 4 nitrogen and oxygen atoms in total. The molecule has 0 amide bonds. The number of carboxylic acid groups (broad SMARTS) is 1. The maximum Gasteiger partial charge on any atom is 0.303 e. The molecule has 0 heterocycles. The van der Waals surface area contributed by atoms with Crippen molar-refractivity contribution in [2.24, 2.45) is 5.92 Å². The Balaban J connectivity index is 4.16. The summed E-state index contributed by atoms with van der Waals surface area (Å²) in [4.78, 5) is 21.5. The molecule has 0 aromatic rings. The zero-order chi connectivity index (χ0) is 12.6. The Kier molecular flexibility index (Phi) is 7.60. The molecule has 1 N–H and O–H groups in total. The highest BCUT2D eigenvalue weighted by Crippen LogP contribution is 2.18. The Morgan fingerprint density at radius 2 is 1.94 bits per heavy atom. The molecule has 0 radical (unpaired) electrons. The molecule has 0 saturated heterocycles. The molecule has 2 unspecified atom stereocenters. The predicted molar refractivity (Wildman–Crippen MR) is 61.1 cm³/mol. The molecular weight excluding hydrogens is 208 g/mol. The van der Waals surface area contributed by atoms with Gasteiger partial charge in [0.1, 0.15) is 6.10 Å². The first-order valence-electron chi connectivity index (χ1n) is 5.86. The van der Waals surface area contributed by atoms with Gasteiger partial charge >= 0.3 is 11.9 Å². The van der Waals surface area contributed by atoms with Gasteiger partial charge in [0.15, 0.2) is 0 Å². The van der Waals surface area contributed by atoms with Crippen LogP contribution in [0, 0.1) is 5.92 Å². The topological polar surface area (TPSA) is 63.6 Å². The molecule has 0 saturated carbocycles. The minimum Gasteiger partial charge on any atom is -0.481 e. The van der Waals surface area contributed by atoms with Gasteiger partial charge in [-0.05, 0) is 12.8 Å². The second-order valence-electron chi connectivity index (χ2n) is 4.22. The number of carboxylic acids is 1. The van der Waals surface area contributed by atoms with Gasteiger partial charge in [-0.25, -0.2) is 0 Å². The van der Waals surface area contributed by atoms with Crippen LogP contribution in [0.2, 0.25) is 0 Å². The predicted octanol–water partition coefficient (Wildman–Crippen LogP) is 2.61. The number of hydrogen-bond acceptors (Lipinski definition) is 3. The summed E-state index contributed by atoms with van der Waals surface area (Å²) in [6, 6.07) is 0. The van der Waals surface area contributed by atoms with Crippen molar-refractivity contribution in [3.63, 3.8) is 0 Å². The Bertz CT molecular complexity index is 225. The quantitative estimate of drug-likeness (QED) is 0.514. The molecule has 0 aliphatic rings. The van der Waals surface area contributed by atoms with Gasteiger partial charge < -0.3 is 9.84 Å². The van der Waals surface area contributed by atoms with Crippen LogP contribution in [0.25, 0.3) is 0 Å². The molecule has 0 aliphatic heterocycles. The van der Waals surface area contributed by atoms with E-state index in [1.165, 1.54) is 6.92 Å². The molecule has 0 aliphatic carbocycles. The van der Waals surface area contributed by atoms with E-state index in [0.717, 1.165) is 25.7 Å². The standard InChI is InChI=1S/C12H22O4/c1-4-5-6-7-11(16-10(3)13)9(2)8-12(14)15/h9,11H,4-8H2,1-3H3,(H,14,15). The highest BCUT2D eigenvalue weighted by Gasteiger charge is 2.22. The highest BCUT2D eigenvalue weighted by atomic mass is 16.5. The molecule has 4 heteroatoms. The summed E-state index contributed by atoms with van der Waals surface area (Å²) in [5.74, 6) is -1.31. The van der Waals surface area contributed by atoms with Gasteiger partial charge in [0, 0.05) is 12.8 Å². The minimum absolute atomic E-state index is 0.0457. The normalized spacial score (nSPS) is 14.2. The lowest BCUT2D eigenvalue weighted by molar-refractivity contribution is -0.152. The van der Waals surface area contributed by atoms with E-state index in [9.17, 15) is 9.59 Å². The second kappa shape index (κ2) is 8.13. The number of carbonyl (C=O) groups excluding carboxylic acids is 1. The van der Waals surface area contributed by atoms with E-state index in [0.29, 0.717) is 0 Å². The lowest BCUT2D eigenvalue weighted by atomic mass is 9.96. The van der Waals surface area contributed by atoms with Crippen molar-refractivity contribution in [1.29, 1.82) is 0 Å². The van der Waals surface area contributed by atoms with Crippen molar-refractivity contribution in [1.82, 2.24) is 0 Å². The summed E-state index contributed by atoms with van der Waals surface area (Å²) in [7, 11) is 0. The zero-order valence-electron chi connectivity index (χ0n) is 10.4. The van der Waals surface area contributed by atoms with Gasteiger partial charge in [-0.2, -0.15) is 0 Å². The maximum atomic E-state index is 10.9. The summed E-state index contributed by atoms with van der Waals surface area (Å²) in [6.07, 6.45) is 3.68. The van der Waals surface area contributed by atoms with Crippen LogP contribution in [-0.4, -0.2) is 23.1 Å². The third-order valence-corrected chi connectivity index (χ3v) is 2.54. The van der Waals surface area contributed by atoms with Crippen LogP contribution in [0.4, 0.5) is 0 Å². The molecule has 0 aromatic carbocycles. The van der Waals surface area contributed by atoms with E-state index in [2.05, 4.69) is 6.92 Å². The highest BCUT2D eigenvalue weighted by molar-refractivity contribution is 5.68. The van der Waals surface area contributed by atoms with Crippen LogP contribution >= 0.6 is 0 Å². The Hall–Kier alpha value is -1.06. The van der Waals surface area contributed by atoms with E-state index in [4.69, 9.17) is 9.84 Å². The van der Waals surface area contributed by atoms with E-state index >= 15 is 0 Å². The van der Waals surface area contributed by atoms with Crippen LogP contribution in [0.1, 0.15) is 52.9 Å². The average molecular weight is 230 g/mol. The lowest BCUT2D eigenvalue weighted by Crippen LogP contribution is -2.26. The van der Waals surface area contributed by atoms with Crippen LogP contribution in [0.3, 0.4) is 0 Å². The van der Waals surface area contributed by atoms with Crippen molar-refractivity contribution in [3.8, 4) is 0 Å². The number of rotatable bonds is 8. The fourth-order valence-corrected chi connectivity index (χ4v) is 1.68. The monoisotopic (exact) mass is 230 g/mol. The number of hydrogen-bond donors (Lipinski definition) is 1. The number of aliphatic carboxylic acids is 1. The molecule has 0 fully saturated rings. The summed E-state index contributed by atoms with van der Waals surface area (Å²) in [5, 5.41) is 8.70. The third-order valence-electron chi connectivity index (χ3n) is 2.54. The third kappa shape index (κ3) is 7.26. The molecule has 2 atom stereocenters. The molecular formula is C12H22O4. The second-order valence-corrected chi connectivity index (χ2v) is 4.22. The Labute approximate surface area is 97.0 Å². The van der Waals surface area contributed by atoms with Crippen LogP contribution in [0.5, 0.6) is 0 Å². The summed E-state index contributed by atoms with van der Waals surface area (Å²) >= 11 is 0. The van der Waals surface area contributed by atoms with E-state index in [-0.39, 0.29) is 24.4 Å². The lowest BCUT2D eigenvalue weighted by Gasteiger charge is -2.22. The van der Waals surface area contributed by atoms with Crippen molar-refractivity contribution in [2.45, 2.75) is 59.0 Å². The van der Waals surface area contributed by atoms with Crippen LogP contribution < -0.4 is 0 Å². The van der Waals surface area contributed by atoms with Crippen molar-refractivity contribution in [3.05, 3.63) is 0 Å². The van der Waals surface area contributed by atoms with Gasteiger partial charge in [-0.3, -0.25) is 9.59 Å². The van der Waals surface area contributed by atoms with Crippen LogP contribution in [0.15, 0.2) is 0 Å². The number of esters is 1. The number of carbonyl (C=O) groups is 2. The van der Waals surface area contributed by atoms with Gasteiger partial charge in [-0.15, -0.1) is 0 Å². The first-order chi connectivity index (χ1) is 7.47. The Morgan fingerprint density at radius 1 is 1.31 bits per heavy atom. The maximum absolute atomic E-state index is 10.9. The molecule has 16 heavy (non-hydrogen) atoms. The van der Waals surface area contributed by atoms with E-state index in [1.807, 2.05) is 6.92 Å². The van der Waals surface area contributed by atoms with Crippen molar-refractivity contribution >= 4 is 11.9 Å². The fraction of sp³-hybridized carbons (Fsp3) is 0.833. The Morgan fingerprint density at radius 3 is 2.38 bits per heavy atom. The van der Waals surface area contributed by atoms with Crippen LogP contribution in [-0.2, 0) is 14.3 Å². The van der Waals surface area contributed by atoms with Crippen molar-refractivity contribution in [2.75, 3.05) is 0 Å².